The van der Waals surface area contributed by atoms with Crippen molar-refractivity contribution in [2.75, 3.05) is 33.5 Å². The van der Waals surface area contributed by atoms with Gasteiger partial charge in [-0.15, -0.1) is 11.3 Å². The molecular formula is C22H35N3O6S. The van der Waals surface area contributed by atoms with E-state index in [1.807, 2.05) is 39.5 Å². The summed E-state index contributed by atoms with van der Waals surface area (Å²) < 4.78 is 15.8. The van der Waals surface area contributed by atoms with E-state index in [4.69, 9.17) is 14.2 Å². The first kappa shape index (κ1) is 26.4. The van der Waals surface area contributed by atoms with Crippen LogP contribution in [0.3, 0.4) is 0 Å². The zero-order valence-electron chi connectivity index (χ0n) is 20.0. The number of carbonyl (C=O) groups excluding carboxylic acids is 1. The van der Waals surface area contributed by atoms with Gasteiger partial charge in [0, 0.05) is 19.7 Å². The Balaban J connectivity index is 2.20. The first-order valence-corrected chi connectivity index (χ1v) is 11.5. The Kier molecular flexibility index (Phi) is 9.35. The molecule has 2 N–H and O–H groups in total. The molecule has 32 heavy (non-hydrogen) atoms. The molecule has 0 aliphatic carbocycles. The van der Waals surface area contributed by atoms with Crippen LogP contribution in [0.25, 0.3) is 10.2 Å². The molecule has 180 valence electrons. The number of aliphatic hydroxyl groups excluding tert-OH is 1. The highest BCUT2D eigenvalue weighted by molar-refractivity contribution is 7.20. The molecular weight excluding hydrogens is 434 g/mol. The van der Waals surface area contributed by atoms with E-state index in [0.29, 0.717) is 46.2 Å². The maximum absolute atomic E-state index is 12.8. The summed E-state index contributed by atoms with van der Waals surface area (Å²) in [6.45, 7) is 12.9. The first-order valence-electron chi connectivity index (χ1n) is 10.7. The summed E-state index contributed by atoms with van der Waals surface area (Å²) in [5.41, 5.74) is -0.0702. The second-order valence-electron chi connectivity index (χ2n) is 8.98. The van der Waals surface area contributed by atoms with E-state index in [9.17, 15) is 14.7 Å². The fourth-order valence-corrected chi connectivity index (χ4v) is 4.16. The number of H-pyrrole nitrogens is 1. The number of esters is 1. The van der Waals surface area contributed by atoms with E-state index < -0.39 is 12.1 Å². The predicted octanol–water partition coefficient (Wildman–Crippen LogP) is 2.48. The summed E-state index contributed by atoms with van der Waals surface area (Å²) in [5.74, 6) is -0.0185. The third-order valence-corrected chi connectivity index (χ3v) is 5.96. The molecule has 1 atom stereocenters. The van der Waals surface area contributed by atoms with E-state index in [2.05, 4.69) is 9.97 Å². The SMILES string of the molecule is COCCOC(=O)c1sc2nc(CN(CC(O)COC(C)(C)C)C(C)C)[nH]c(=O)c2c1C. The molecule has 0 bridgehead atoms. The highest BCUT2D eigenvalue weighted by Crippen LogP contribution is 2.27. The van der Waals surface area contributed by atoms with Gasteiger partial charge in [-0.3, -0.25) is 9.69 Å². The molecule has 1 unspecified atom stereocenters. The second-order valence-corrected chi connectivity index (χ2v) is 9.98. The van der Waals surface area contributed by atoms with Gasteiger partial charge in [-0.05, 0) is 47.1 Å². The van der Waals surface area contributed by atoms with Crippen LogP contribution in [-0.4, -0.2) is 77.2 Å². The number of rotatable bonds is 11. The van der Waals surface area contributed by atoms with Crippen molar-refractivity contribution in [2.45, 2.75) is 65.8 Å². The number of methoxy groups -OCH3 is 1. The van der Waals surface area contributed by atoms with Gasteiger partial charge in [0.05, 0.1) is 36.8 Å². The van der Waals surface area contributed by atoms with E-state index in [-0.39, 0.29) is 30.4 Å². The smallest absolute Gasteiger partial charge is 0.348 e. The van der Waals surface area contributed by atoms with Gasteiger partial charge in [0.1, 0.15) is 22.1 Å². The zero-order valence-corrected chi connectivity index (χ0v) is 20.8. The van der Waals surface area contributed by atoms with Crippen molar-refractivity contribution >= 4 is 27.5 Å². The first-order chi connectivity index (χ1) is 14.9. The van der Waals surface area contributed by atoms with Crippen molar-refractivity contribution in [3.8, 4) is 0 Å². The van der Waals surface area contributed by atoms with Crippen LogP contribution in [0.4, 0.5) is 0 Å². The number of aromatic nitrogens is 2. The summed E-state index contributed by atoms with van der Waals surface area (Å²) in [4.78, 5) is 35.4. The molecule has 0 saturated carbocycles. The number of aryl methyl sites for hydroxylation is 1. The van der Waals surface area contributed by atoms with Crippen molar-refractivity contribution in [2.24, 2.45) is 0 Å². The van der Waals surface area contributed by atoms with Crippen molar-refractivity contribution in [3.63, 3.8) is 0 Å². The van der Waals surface area contributed by atoms with Gasteiger partial charge >= 0.3 is 5.97 Å². The van der Waals surface area contributed by atoms with Crippen LogP contribution in [0.5, 0.6) is 0 Å². The Morgan fingerprint density at radius 2 is 1.97 bits per heavy atom. The van der Waals surface area contributed by atoms with Crippen molar-refractivity contribution in [1.82, 2.24) is 14.9 Å². The fourth-order valence-electron chi connectivity index (χ4n) is 3.06. The van der Waals surface area contributed by atoms with Crippen molar-refractivity contribution in [1.29, 1.82) is 0 Å². The summed E-state index contributed by atoms with van der Waals surface area (Å²) in [7, 11) is 1.53. The summed E-state index contributed by atoms with van der Waals surface area (Å²) in [6, 6.07) is 0.108. The number of aromatic amines is 1. The van der Waals surface area contributed by atoms with Gasteiger partial charge in [-0.1, -0.05) is 0 Å². The Morgan fingerprint density at radius 3 is 2.56 bits per heavy atom. The molecule has 0 amide bonds. The number of hydrogen-bond acceptors (Lipinski definition) is 9. The van der Waals surface area contributed by atoms with Crippen LogP contribution in [0, 0.1) is 6.92 Å². The van der Waals surface area contributed by atoms with Crippen LogP contribution in [0.2, 0.25) is 0 Å². The molecule has 0 aromatic carbocycles. The Hall–Kier alpha value is -1.85. The highest BCUT2D eigenvalue weighted by atomic mass is 32.1. The van der Waals surface area contributed by atoms with E-state index >= 15 is 0 Å². The number of fused-ring (bicyclic) bond motifs is 1. The molecule has 0 aliphatic rings. The number of hydrogen-bond donors (Lipinski definition) is 2. The third kappa shape index (κ3) is 7.35. The fraction of sp³-hybridized carbons (Fsp3) is 0.682. The van der Waals surface area contributed by atoms with Gasteiger partial charge in [0.25, 0.3) is 5.56 Å². The van der Waals surface area contributed by atoms with E-state index in [0.717, 1.165) is 11.3 Å². The zero-order chi connectivity index (χ0) is 24.1. The number of aliphatic hydroxyl groups is 1. The third-order valence-electron chi connectivity index (χ3n) is 4.79. The highest BCUT2D eigenvalue weighted by Gasteiger charge is 2.23. The summed E-state index contributed by atoms with van der Waals surface area (Å²) in [5, 5.41) is 10.8. The summed E-state index contributed by atoms with van der Waals surface area (Å²) in [6.07, 6.45) is -0.676. The largest absolute Gasteiger partial charge is 0.459 e. The lowest BCUT2D eigenvalue weighted by Crippen LogP contribution is -2.40. The molecule has 2 aromatic heterocycles. The molecule has 2 aromatic rings. The molecule has 2 rings (SSSR count). The lowest BCUT2D eigenvalue weighted by molar-refractivity contribution is -0.0588. The van der Waals surface area contributed by atoms with Gasteiger partial charge in [-0.25, -0.2) is 9.78 Å². The minimum absolute atomic E-state index is 0.108. The van der Waals surface area contributed by atoms with E-state index in [1.165, 1.54) is 7.11 Å². The van der Waals surface area contributed by atoms with E-state index in [1.54, 1.807) is 6.92 Å². The number of thiophene rings is 1. The maximum atomic E-state index is 12.8. The molecule has 0 fully saturated rings. The molecule has 0 saturated heterocycles. The van der Waals surface area contributed by atoms with Crippen LogP contribution >= 0.6 is 11.3 Å². The number of nitrogens with one attached hydrogen (secondary N) is 1. The molecule has 0 aliphatic heterocycles. The Bertz CT molecular complexity index is 963. The van der Waals surface area contributed by atoms with Crippen LogP contribution in [0.15, 0.2) is 4.79 Å². The van der Waals surface area contributed by atoms with Gasteiger partial charge in [-0.2, -0.15) is 0 Å². The normalized spacial score (nSPS) is 13.3. The lowest BCUT2D eigenvalue weighted by atomic mass is 10.2. The minimum Gasteiger partial charge on any atom is -0.459 e. The van der Waals surface area contributed by atoms with Crippen LogP contribution in [-0.2, 0) is 20.8 Å². The molecule has 2 heterocycles. The average Bonchev–Trinajstić information content (AvgIpc) is 3.02. The maximum Gasteiger partial charge on any atom is 0.348 e. The quantitative estimate of drug-likeness (QED) is 0.381. The molecule has 0 radical (unpaired) electrons. The number of ether oxygens (including phenoxy) is 3. The number of carbonyl (C=O) groups is 1. The summed E-state index contributed by atoms with van der Waals surface area (Å²) >= 11 is 1.14. The number of nitrogens with zero attached hydrogens (tertiary/aromatic N) is 2. The average molecular weight is 470 g/mol. The van der Waals surface area contributed by atoms with Gasteiger partial charge in [0.2, 0.25) is 0 Å². The standard InChI is InChI=1S/C22H35N3O6S/c1-13(2)25(10-15(26)12-31-22(4,5)6)11-16-23-19(27)17-14(3)18(32-20(17)24-16)21(28)30-9-8-29-7/h13,15,26H,8-12H2,1-7H3,(H,23,24,27). The monoisotopic (exact) mass is 469 g/mol. The van der Waals surface area contributed by atoms with Gasteiger partial charge in [0.15, 0.2) is 0 Å². The molecule has 10 heteroatoms. The van der Waals surface area contributed by atoms with Crippen LogP contribution in [0.1, 0.15) is 55.7 Å². The lowest BCUT2D eigenvalue weighted by Gasteiger charge is -2.29. The van der Waals surface area contributed by atoms with Crippen molar-refractivity contribution < 1.29 is 24.1 Å². The Labute approximate surface area is 192 Å². The Morgan fingerprint density at radius 1 is 1.28 bits per heavy atom. The molecule has 9 nitrogen and oxygen atoms in total. The minimum atomic E-state index is -0.676. The van der Waals surface area contributed by atoms with Crippen molar-refractivity contribution in [3.05, 3.63) is 26.6 Å². The van der Waals surface area contributed by atoms with Crippen LogP contribution < -0.4 is 5.56 Å². The van der Waals surface area contributed by atoms with Gasteiger partial charge < -0.3 is 24.3 Å². The second kappa shape index (κ2) is 11.3. The predicted molar refractivity (Wildman–Crippen MR) is 124 cm³/mol. The molecule has 0 spiro atoms. The topological polar surface area (TPSA) is 114 Å².